The van der Waals surface area contributed by atoms with Crippen LogP contribution in [0.2, 0.25) is 0 Å². The molecule has 0 saturated heterocycles. The first-order valence-electron chi connectivity index (χ1n) is 6.47. The number of imidazole rings is 1. The Balaban J connectivity index is 2.03. The number of H-pyrrole nitrogens is 1. The number of fused-ring (bicyclic) bond motifs is 1. The van der Waals surface area contributed by atoms with E-state index in [0.29, 0.717) is 17.3 Å². The number of aryl methyl sites for hydroxylation is 1. The first-order valence-corrected chi connectivity index (χ1v) is 6.47. The van der Waals surface area contributed by atoms with E-state index in [-0.39, 0.29) is 5.56 Å². The fraction of sp³-hybridized carbons (Fsp3) is 0.538. The van der Waals surface area contributed by atoms with Gasteiger partial charge in [-0.2, -0.15) is 0 Å². The summed E-state index contributed by atoms with van der Waals surface area (Å²) in [5.74, 6) is -0.423. The Kier molecular flexibility index (Phi) is 2.61. The first kappa shape index (κ1) is 11.3. The highest BCUT2D eigenvalue weighted by Crippen LogP contribution is 2.32. The maximum absolute atomic E-state index is 11.2. The molecule has 2 aromatic rings. The van der Waals surface area contributed by atoms with Gasteiger partial charge in [-0.25, -0.2) is 14.3 Å². The van der Waals surface area contributed by atoms with Crippen LogP contribution in [0, 0.1) is 6.92 Å². The molecule has 0 unspecified atom stereocenters. The summed E-state index contributed by atoms with van der Waals surface area (Å²) in [5.41, 5.74) is 2.52. The number of aromatic amines is 1. The lowest BCUT2D eigenvalue weighted by Crippen LogP contribution is -2.05. The highest BCUT2D eigenvalue weighted by Gasteiger charge is 2.22. The molecule has 18 heavy (non-hydrogen) atoms. The van der Waals surface area contributed by atoms with Crippen molar-refractivity contribution in [1.82, 2.24) is 14.6 Å². The molecule has 1 aliphatic rings. The number of carboxylic acids is 1. The van der Waals surface area contributed by atoms with Gasteiger partial charge in [0.1, 0.15) is 5.56 Å². The summed E-state index contributed by atoms with van der Waals surface area (Å²) in [5, 5.41) is 12.2. The molecule has 3 rings (SSSR count). The lowest BCUT2D eigenvalue weighted by atomic mass is 9.87. The zero-order valence-electron chi connectivity index (χ0n) is 10.4. The topological polar surface area (TPSA) is 70.4 Å². The van der Waals surface area contributed by atoms with Crippen LogP contribution in [0.5, 0.6) is 0 Å². The van der Waals surface area contributed by atoms with Gasteiger partial charge in [0.15, 0.2) is 5.65 Å². The maximum Gasteiger partial charge on any atom is 0.341 e. The minimum absolute atomic E-state index is 0.289. The molecular formula is C13H17N3O2. The summed E-state index contributed by atoms with van der Waals surface area (Å²) in [6, 6.07) is 0. The van der Waals surface area contributed by atoms with Crippen molar-refractivity contribution in [1.29, 1.82) is 0 Å². The van der Waals surface area contributed by atoms with Gasteiger partial charge < -0.3 is 5.11 Å². The minimum Gasteiger partial charge on any atom is -0.477 e. The lowest BCUT2D eigenvalue weighted by molar-refractivity contribution is 0.0698. The molecule has 0 bridgehead atoms. The van der Waals surface area contributed by atoms with Crippen LogP contribution in [-0.2, 0) is 0 Å². The third kappa shape index (κ3) is 1.70. The van der Waals surface area contributed by atoms with E-state index in [1.54, 1.807) is 11.4 Å². The highest BCUT2D eigenvalue weighted by atomic mass is 16.4. The normalized spacial score (nSPS) is 17.4. The number of aromatic carboxylic acids is 1. The van der Waals surface area contributed by atoms with Gasteiger partial charge in [0.2, 0.25) is 0 Å². The number of hydrogen-bond acceptors (Lipinski definition) is 2. The van der Waals surface area contributed by atoms with Gasteiger partial charge in [-0.3, -0.25) is 5.10 Å². The Morgan fingerprint density at radius 3 is 2.83 bits per heavy atom. The van der Waals surface area contributed by atoms with E-state index in [1.807, 2.05) is 6.20 Å². The average Bonchev–Trinajstić information content (AvgIpc) is 2.85. The molecular weight excluding hydrogens is 230 g/mol. The van der Waals surface area contributed by atoms with Gasteiger partial charge in [-0.15, -0.1) is 0 Å². The highest BCUT2D eigenvalue weighted by molar-refractivity contribution is 5.95. The third-order valence-electron chi connectivity index (χ3n) is 3.85. The van der Waals surface area contributed by atoms with E-state index >= 15 is 0 Å². The third-order valence-corrected chi connectivity index (χ3v) is 3.85. The van der Waals surface area contributed by atoms with Crippen molar-refractivity contribution < 1.29 is 9.90 Å². The minimum atomic E-state index is -0.917. The Hall–Kier alpha value is -1.78. The van der Waals surface area contributed by atoms with Crippen molar-refractivity contribution in [3.63, 3.8) is 0 Å². The number of aromatic nitrogens is 3. The van der Waals surface area contributed by atoms with Gasteiger partial charge in [0.25, 0.3) is 0 Å². The molecule has 0 amide bonds. The lowest BCUT2D eigenvalue weighted by Gasteiger charge is -2.19. The van der Waals surface area contributed by atoms with Crippen LogP contribution >= 0.6 is 0 Å². The van der Waals surface area contributed by atoms with Gasteiger partial charge in [0.05, 0.1) is 11.9 Å². The van der Waals surface area contributed by atoms with Crippen LogP contribution in [0.4, 0.5) is 0 Å². The van der Waals surface area contributed by atoms with E-state index < -0.39 is 5.97 Å². The van der Waals surface area contributed by atoms with Crippen molar-refractivity contribution in [2.45, 2.75) is 44.9 Å². The Morgan fingerprint density at radius 2 is 2.17 bits per heavy atom. The van der Waals surface area contributed by atoms with Crippen molar-refractivity contribution in [2.75, 3.05) is 0 Å². The molecule has 96 valence electrons. The molecule has 0 atom stereocenters. The fourth-order valence-corrected chi connectivity index (χ4v) is 2.92. The number of nitrogens with zero attached hydrogens (tertiary/aromatic N) is 2. The molecule has 5 nitrogen and oxygen atoms in total. The van der Waals surface area contributed by atoms with Crippen LogP contribution < -0.4 is 0 Å². The molecule has 0 aromatic carbocycles. The van der Waals surface area contributed by atoms with Crippen LogP contribution in [0.15, 0.2) is 6.20 Å². The Labute approximate surface area is 105 Å². The number of hydrogen-bond donors (Lipinski definition) is 2. The van der Waals surface area contributed by atoms with Crippen molar-refractivity contribution in [2.24, 2.45) is 0 Å². The standard InChI is InChI=1S/C13H17N3O2/c1-8-11(13(17)18)12-14-10(7-16(12)15-8)9-5-3-2-4-6-9/h7,9,15H,2-6H2,1H3,(H,17,18). The summed E-state index contributed by atoms with van der Waals surface area (Å²) >= 11 is 0. The van der Waals surface area contributed by atoms with Gasteiger partial charge in [-0.1, -0.05) is 19.3 Å². The van der Waals surface area contributed by atoms with E-state index in [1.165, 1.54) is 32.1 Å². The zero-order chi connectivity index (χ0) is 12.7. The van der Waals surface area contributed by atoms with Gasteiger partial charge in [-0.05, 0) is 19.8 Å². The van der Waals surface area contributed by atoms with Crippen LogP contribution in [0.3, 0.4) is 0 Å². The number of nitrogens with one attached hydrogen (secondary N) is 1. The summed E-state index contributed by atoms with van der Waals surface area (Å²) < 4.78 is 1.74. The monoisotopic (exact) mass is 247 g/mol. The van der Waals surface area contributed by atoms with Crippen LogP contribution in [0.1, 0.15) is 59.8 Å². The molecule has 0 aliphatic heterocycles. The average molecular weight is 247 g/mol. The molecule has 2 heterocycles. The predicted molar refractivity (Wildman–Crippen MR) is 67.1 cm³/mol. The van der Waals surface area contributed by atoms with E-state index in [4.69, 9.17) is 0 Å². The number of carbonyl (C=O) groups is 1. The van der Waals surface area contributed by atoms with Crippen molar-refractivity contribution in [3.05, 3.63) is 23.1 Å². The maximum atomic E-state index is 11.2. The largest absolute Gasteiger partial charge is 0.477 e. The van der Waals surface area contributed by atoms with Gasteiger partial charge in [0, 0.05) is 11.6 Å². The Bertz CT molecular complexity index is 591. The smallest absolute Gasteiger partial charge is 0.341 e. The van der Waals surface area contributed by atoms with E-state index in [9.17, 15) is 9.90 Å². The molecule has 1 aliphatic carbocycles. The summed E-state index contributed by atoms with van der Waals surface area (Å²) in [6.45, 7) is 1.76. The molecule has 2 aromatic heterocycles. The fourth-order valence-electron chi connectivity index (χ4n) is 2.92. The van der Waals surface area contributed by atoms with Crippen molar-refractivity contribution in [3.8, 4) is 0 Å². The second-order valence-electron chi connectivity index (χ2n) is 5.11. The molecule has 0 radical (unpaired) electrons. The van der Waals surface area contributed by atoms with E-state index in [0.717, 1.165) is 5.69 Å². The molecule has 1 saturated carbocycles. The molecule has 0 spiro atoms. The second-order valence-corrected chi connectivity index (χ2v) is 5.11. The molecule has 2 N–H and O–H groups in total. The zero-order valence-corrected chi connectivity index (χ0v) is 10.4. The molecule has 5 heteroatoms. The van der Waals surface area contributed by atoms with E-state index in [2.05, 4.69) is 10.1 Å². The van der Waals surface area contributed by atoms with Crippen LogP contribution in [-0.4, -0.2) is 25.7 Å². The summed E-state index contributed by atoms with van der Waals surface area (Å²) in [6.07, 6.45) is 8.09. The SMILES string of the molecule is Cc1[nH]n2cc(C3CCCCC3)nc2c1C(=O)O. The predicted octanol–water partition coefficient (Wildman–Crippen LogP) is 2.72. The number of carboxylic acid groups (broad SMARTS) is 1. The first-order chi connectivity index (χ1) is 8.66. The van der Waals surface area contributed by atoms with Crippen molar-refractivity contribution >= 4 is 11.6 Å². The Morgan fingerprint density at radius 1 is 1.44 bits per heavy atom. The van der Waals surface area contributed by atoms with Gasteiger partial charge >= 0.3 is 5.97 Å². The second kappa shape index (κ2) is 4.15. The molecule has 1 fully saturated rings. The summed E-state index contributed by atoms with van der Waals surface area (Å²) in [7, 11) is 0. The van der Waals surface area contributed by atoms with Crippen LogP contribution in [0.25, 0.3) is 5.65 Å². The summed E-state index contributed by atoms with van der Waals surface area (Å²) in [4.78, 5) is 15.7. The number of rotatable bonds is 2. The quantitative estimate of drug-likeness (QED) is 0.857.